The molecule has 4 nitrogen and oxygen atoms in total. The van der Waals surface area contributed by atoms with Crippen LogP contribution in [0.25, 0.3) is 0 Å². The highest BCUT2D eigenvalue weighted by Gasteiger charge is 2.11. The molecule has 0 aromatic heterocycles. The standard InChI is InChI=1S/C16H15IO4S/c1-20-12-7-13(21-2)9-14(8-12)22-15-6-11(17)4-3-10(15)5-16(18)19/h3-4,6-9H,5H2,1-2H3,(H,18,19). The SMILES string of the molecule is COc1cc(OC)cc(Sc2cc(I)ccc2CC(=O)O)c1. The summed E-state index contributed by atoms with van der Waals surface area (Å²) in [7, 11) is 3.20. The Morgan fingerprint density at radius 3 is 2.32 bits per heavy atom. The van der Waals surface area contributed by atoms with Gasteiger partial charge in [0.15, 0.2) is 0 Å². The molecule has 2 rings (SSSR count). The molecule has 22 heavy (non-hydrogen) atoms. The van der Waals surface area contributed by atoms with E-state index in [0.29, 0.717) is 11.5 Å². The van der Waals surface area contributed by atoms with Gasteiger partial charge in [-0.15, -0.1) is 0 Å². The average molecular weight is 430 g/mol. The fraction of sp³-hybridized carbons (Fsp3) is 0.188. The number of carboxylic acid groups (broad SMARTS) is 1. The Kier molecular flexibility index (Phi) is 5.96. The van der Waals surface area contributed by atoms with Gasteiger partial charge < -0.3 is 14.6 Å². The summed E-state index contributed by atoms with van der Waals surface area (Å²) in [6.45, 7) is 0. The van der Waals surface area contributed by atoms with Gasteiger partial charge in [0.1, 0.15) is 11.5 Å². The normalized spacial score (nSPS) is 10.3. The number of ether oxygens (including phenoxy) is 2. The molecule has 116 valence electrons. The topological polar surface area (TPSA) is 55.8 Å². The van der Waals surface area contributed by atoms with Crippen LogP contribution in [0.15, 0.2) is 46.2 Å². The summed E-state index contributed by atoms with van der Waals surface area (Å²) in [5.74, 6) is 0.561. The molecule has 0 saturated carbocycles. The van der Waals surface area contributed by atoms with E-state index in [1.807, 2.05) is 30.3 Å². The highest BCUT2D eigenvalue weighted by atomic mass is 127. The van der Waals surface area contributed by atoms with Gasteiger partial charge in [0, 0.05) is 19.4 Å². The number of hydrogen-bond donors (Lipinski definition) is 1. The Balaban J connectivity index is 2.37. The van der Waals surface area contributed by atoms with E-state index in [4.69, 9.17) is 14.6 Å². The van der Waals surface area contributed by atoms with Crippen molar-refractivity contribution in [2.24, 2.45) is 0 Å². The van der Waals surface area contributed by atoms with Crippen LogP contribution in [0.3, 0.4) is 0 Å². The molecule has 2 aromatic rings. The molecule has 0 aliphatic heterocycles. The molecule has 0 atom stereocenters. The van der Waals surface area contributed by atoms with Crippen molar-refractivity contribution in [1.82, 2.24) is 0 Å². The lowest BCUT2D eigenvalue weighted by Gasteiger charge is -2.11. The zero-order valence-corrected chi connectivity index (χ0v) is 15.1. The number of methoxy groups -OCH3 is 2. The molecule has 0 saturated heterocycles. The molecule has 0 aliphatic rings. The maximum absolute atomic E-state index is 11.0. The zero-order valence-electron chi connectivity index (χ0n) is 12.1. The summed E-state index contributed by atoms with van der Waals surface area (Å²) >= 11 is 3.72. The largest absolute Gasteiger partial charge is 0.497 e. The summed E-state index contributed by atoms with van der Waals surface area (Å²) in [6.07, 6.45) is 0.000354. The molecule has 1 N–H and O–H groups in total. The van der Waals surface area contributed by atoms with Crippen LogP contribution in [0.1, 0.15) is 5.56 Å². The molecule has 0 heterocycles. The average Bonchev–Trinajstić information content (AvgIpc) is 2.49. The van der Waals surface area contributed by atoms with Gasteiger partial charge in [0.2, 0.25) is 0 Å². The fourth-order valence-corrected chi connectivity index (χ4v) is 3.66. The highest BCUT2D eigenvalue weighted by Crippen LogP contribution is 2.36. The van der Waals surface area contributed by atoms with E-state index in [0.717, 1.165) is 18.9 Å². The van der Waals surface area contributed by atoms with E-state index in [9.17, 15) is 4.79 Å². The fourth-order valence-electron chi connectivity index (χ4n) is 1.90. The second-order valence-corrected chi connectivity index (χ2v) is 6.83. The van der Waals surface area contributed by atoms with Crippen LogP contribution in [-0.2, 0) is 11.2 Å². The van der Waals surface area contributed by atoms with Gasteiger partial charge in [-0.05, 0) is 52.4 Å². The molecule has 6 heteroatoms. The first kappa shape index (κ1) is 17.0. The second kappa shape index (κ2) is 7.73. The number of benzene rings is 2. The van der Waals surface area contributed by atoms with Crippen LogP contribution < -0.4 is 9.47 Å². The predicted octanol–water partition coefficient (Wildman–Crippen LogP) is 4.09. The monoisotopic (exact) mass is 430 g/mol. The number of carboxylic acids is 1. The quantitative estimate of drug-likeness (QED) is 0.700. The van der Waals surface area contributed by atoms with Crippen molar-refractivity contribution in [3.8, 4) is 11.5 Å². The van der Waals surface area contributed by atoms with Crippen LogP contribution in [0, 0.1) is 3.57 Å². The number of aliphatic carboxylic acids is 1. The summed E-state index contributed by atoms with van der Waals surface area (Å²) in [5.41, 5.74) is 0.791. The van der Waals surface area contributed by atoms with Gasteiger partial charge in [-0.25, -0.2) is 0 Å². The van der Waals surface area contributed by atoms with E-state index in [1.165, 1.54) is 11.8 Å². The number of halogens is 1. The van der Waals surface area contributed by atoms with Crippen molar-refractivity contribution >= 4 is 40.3 Å². The van der Waals surface area contributed by atoms with Crippen LogP contribution in [-0.4, -0.2) is 25.3 Å². The molecule has 0 amide bonds. The summed E-state index contributed by atoms with van der Waals surface area (Å²) < 4.78 is 11.6. The Morgan fingerprint density at radius 1 is 1.14 bits per heavy atom. The first-order chi connectivity index (χ1) is 10.5. The first-order valence-corrected chi connectivity index (χ1v) is 8.32. The summed E-state index contributed by atoms with van der Waals surface area (Å²) in [4.78, 5) is 12.9. The maximum atomic E-state index is 11.0. The van der Waals surface area contributed by atoms with E-state index >= 15 is 0 Å². The number of carbonyl (C=O) groups is 1. The van der Waals surface area contributed by atoms with Crippen LogP contribution in [0.4, 0.5) is 0 Å². The third kappa shape index (κ3) is 4.54. The Morgan fingerprint density at radius 2 is 1.77 bits per heavy atom. The molecule has 2 aromatic carbocycles. The van der Waals surface area contributed by atoms with Gasteiger partial charge in [-0.3, -0.25) is 4.79 Å². The third-order valence-corrected chi connectivity index (χ3v) is 4.67. The number of rotatable bonds is 6. The summed E-state index contributed by atoms with van der Waals surface area (Å²) in [6, 6.07) is 11.4. The molecular formula is C16H15IO4S. The smallest absolute Gasteiger partial charge is 0.307 e. The van der Waals surface area contributed by atoms with Crippen molar-refractivity contribution in [2.45, 2.75) is 16.2 Å². The minimum Gasteiger partial charge on any atom is -0.497 e. The van der Waals surface area contributed by atoms with E-state index in [2.05, 4.69) is 22.6 Å². The van der Waals surface area contributed by atoms with Crippen molar-refractivity contribution < 1.29 is 19.4 Å². The Labute approximate surface area is 147 Å². The van der Waals surface area contributed by atoms with E-state index in [1.54, 1.807) is 20.3 Å². The highest BCUT2D eigenvalue weighted by molar-refractivity contribution is 14.1. The molecule has 0 fully saturated rings. The van der Waals surface area contributed by atoms with Gasteiger partial charge >= 0.3 is 5.97 Å². The van der Waals surface area contributed by atoms with Crippen molar-refractivity contribution in [1.29, 1.82) is 0 Å². The van der Waals surface area contributed by atoms with Crippen LogP contribution >= 0.6 is 34.4 Å². The molecular weight excluding hydrogens is 415 g/mol. The van der Waals surface area contributed by atoms with Gasteiger partial charge in [-0.1, -0.05) is 17.8 Å². The van der Waals surface area contributed by atoms with Gasteiger partial charge in [0.25, 0.3) is 0 Å². The molecule has 0 unspecified atom stereocenters. The van der Waals surface area contributed by atoms with Crippen LogP contribution in [0.5, 0.6) is 11.5 Å². The molecule has 0 spiro atoms. The maximum Gasteiger partial charge on any atom is 0.307 e. The second-order valence-electron chi connectivity index (χ2n) is 4.47. The van der Waals surface area contributed by atoms with Gasteiger partial charge in [0.05, 0.1) is 20.6 Å². The third-order valence-electron chi connectivity index (χ3n) is 2.92. The first-order valence-electron chi connectivity index (χ1n) is 6.43. The van der Waals surface area contributed by atoms with E-state index < -0.39 is 5.97 Å². The summed E-state index contributed by atoms with van der Waals surface area (Å²) in [5, 5.41) is 9.04. The lowest BCUT2D eigenvalue weighted by molar-refractivity contribution is -0.136. The molecule has 0 radical (unpaired) electrons. The van der Waals surface area contributed by atoms with Gasteiger partial charge in [-0.2, -0.15) is 0 Å². The lowest BCUT2D eigenvalue weighted by atomic mass is 10.1. The number of hydrogen-bond acceptors (Lipinski definition) is 4. The minimum atomic E-state index is -0.841. The molecule has 0 aliphatic carbocycles. The molecule has 0 bridgehead atoms. The Hall–Kier alpha value is -1.41. The minimum absolute atomic E-state index is 0.000354. The van der Waals surface area contributed by atoms with Crippen molar-refractivity contribution in [3.63, 3.8) is 0 Å². The van der Waals surface area contributed by atoms with Crippen LogP contribution in [0.2, 0.25) is 0 Å². The van der Waals surface area contributed by atoms with Crippen molar-refractivity contribution in [2.75, 3.05) is 14.2 Å². The zero-order chi connectivity index (χ0) is 16.1. The lowest BCUT2D eigenvalue weighted by Crippen LogP contribution is -2.01. The Bertz CT molecular complexity index is 666. The van der Waals surface area contributed by atoms with Crippen molar-refractivity contribution in [3.05, 3.63) is 45.5 Å². The van der Waals surface area contributed by atoms with E-state index in [-0.39, 0.29) is 6.42 Å². The predicted molar refractivity (Wildman–Crippen MR) is 94.2 cm³/mol.